The molecule has 18 heavy (non-hydrogen) atoms. The molecular weight excluding hydrogens is 235 g/mol. The SMILES string of the molecule is CC1(C)CC(=O)N(Cc2ccc(N)c(F)c2)C1=O. The van der Waals surface area contributed by atoms with Crippen molar-refractivity contribution in [1.29, 1.82) is 0 Å². The lowest BCUT2D eigenvalue weighted by molar-refractivity contribution is -0.141. The van der Waals surface area contributed by atoms with Crippen LogP contribution in [0.3, 0.4) is 0 Å². The van der Waals surface area contributed by atoms with E-state index in [2.05, 4.69) is 0 Å². The molecule has 1 aromatic rings. The second-order valence-electron chi connectivity index (χ2n) is 5.20. The van der Waals surface area contributed by atoms with Gasteiger partial charge in [-0.2, -0.15) is 0 Å². The van der Waals surface area contributed by atoms with Crippen molar-refractivity contribution in [3.8, 4) is 0 Å². The monoisotopic (exact) mass is 250 g/mol. The van der Waals surface area contributed by atoms with Gasteiger partial charge in [0.2, 0.25) is 11.8 Å². The number of hydrogen-bond donors (Lipinski definition) is 1. The van der Waals surface area contributed by atoms with Crippen molar-refractivity contribution in [2.45, 2.75) is 26.8 Å². The number of carbonyl (C=O) groups excluding carboxylic acids is 2. The predicted molar refractivity (Wildman–Crippen MR) is 64.8 cm³/mol. The van der Waals surface area contributed by atoms with Gasteiger partial charge in [-0.1, -0.05) is 19.9 Å². The standard InChI is InChI=1S/C13H15FN2O2/c1-13(2)6-11(17)16(12(13)18)7-8-3-4-10(15)9(14)5-8/h3-5H,6-7,15H2,1-2H3. The minimum absolute atomic E-state index is 0.0538. The lowest BCUT2D eigenvalue weighted by Gasteiger charge is -2.17. The fourth-order valence-electron chi connectivity index (χ4n) is 2.04. The molecule has 0 radical (unpaired) electrons. The zero-order valence-corrected chi connectivity index (χ0v) is 10.4. The van der Waals surface area contributed by atoms with Crippen LogP contribution in [0.2, 0.25) is 0 Å². The summed E-state index contributed by atoms with van der Waals surface area (Å²) < 4.78 is 13.3. The van der Waals surface area contributed by atoms with E-state index in [9.17, 15) is 14.0 Å². The summed E-state index contributed by atoms with van der Waals surface area (Å²) >= 11 is 0. The van der Waals surface area contributed by atoms with Crippen molar-refractivity contribution in [2.75, 3.05) is 5.73 Å². The molecule has 4 nitrogen and oxygen atoms in total. The number of halogens is 1. The molecule has 1 saturated heterocycles. The van der Waals surface area contributed by atoms with E-state index in [-0.39, 0.29) is 30.5 Å². The van der Waals surface area contributed by atoms with E-state index in [4.69, 9.17) is 5.73 Å². The highest BCUT2D eigenvalue weighted by atomic mass is 19.1. The van der Waals surface area contributed by atoms with Crippen molar-refractivity contribution < 1.29 is 14.0 Å². The fraction of sp³-hybridized carbons (Fsp3) is 0.385. The van der Waals surface area contributed by atoms with Crippen LogP contribution in [0, 0.1) is 11.2 Å². The van der Waals surface area contributed by atoms with Gasteiger partial charge >= 0.3 is 0 Å². The molecule has 2 rings (SSSR count). The van der Waals surface area contributed by atoms with Crippen LogP contribution in [0.15, 0.2) is 18.2 Å². The first-order valence-corrected chi connectivity index (χ1v) is 5.70. The van der Waals surface area contributed by atoms with Gasteiger partial charge in [0.15, 0.2) is 0 Å². The van der Waals surface area contributed by atoms with E-state index in [1.165, 1.54) is 17.0 Å². The number of benzene rings is 1. The second-order valence-corrected chi connectivity index (χ2v) is 5.20. The Balaban J connectivity index is 2.22. The Morgan fingerprint density at radius 3 is 2.56 bits per heavy atom. The number of imide groups is 1. The molecule has 0 atom stereocenters. The molecule has 0 spiro atoms. The maximum atomic E-state index is 13.3. The van der Waals surface area contributed by atoms with Gasteiger partial charge in [-0.25, -0.2) is 4.39 Å². The average molecular weight is 250 g/mol. The van der Waals surface area contributed by atoms with E-state index in [1.54, 1.807) is 19.9 Å². The molecule has 1 aliphatic heterocycles. The van der Waals surface area contributed by atoms with Crippen LogP contribution < -0.4 is 5.73 Å². The van der Waals surface area contributed by atoms with Gasteiger partial charge in [0.05, 0.1) is 17.6 Å². The van der Waals surface area contributed by atoms with Gasteiger partial charge in [0.1, 0.15) is 5.82 Å². The maximum Gasteiger partial charge on any atom is 0.235 e. The van der Waals surface area contributed by atoms with Crippen LogP contribution in [0.25, 0.3) is 0 Å². The number of amides is 2. The number of likely N-dealkylation sites (tertiary alicyclic amines) is 1. The van der Waals surface area contributed by atoms with E-state index >= 15 is 0 Å². The van der Waals surface area contributed by atoms with Crippen molar-refractivity contribution in [2.24, 2.45) is 5.41 Å². The first kappa shape index (κ1) is 12.5. The second kappa shape index (κ2) is 4.08. The number of hydrogen-bond acceptors (Lipinski definition) is 3. The molecule has 0 aliphatic carbocycles. The lowest BCUT2D eigenvalue weighted by atomic mass is 9.92. The highest BCUT2D eigenvalue weighted by molar-refractivity contribution is 6.05. The smallest absolute Gasteiger partial charge is 0.235 e. The molecule has 2 amide bonds. The normalized spacial score (nSPS) is 18.5. The Hall–Kier alpha value is -1.91. The lowest BCUT2D eigenvalue weighted by Crippen LogP contribution is -2.32. The summed E-state index contributed by atoms with van der Waals surface area (Å²) in [6.07, 6.45) is 0.198. The van der Waals surface area contributed by atoms with Gasteiger partial charge in [0, 0.05) is 6.42 Å². The minimum Gasteiger partial charge on any atom is -0.396 e. The van der Waals surface area contributed by atoms with Gasteiger partial charge in [0.25, 0.3) is 0 Å². The largest absolute Gasteiger partial charge is 0.396 e. The van der Waals surface area contributed by atoms with E-state index < -0.39 is 11.2 Å². The summed E-state index contributed by atoms with van der Waals surface area (Å²) in [6, 6.07) is 4.30. The van der Waals surface area contributed by atoms with Gasteiger partial charge in [-0.3, -0.25) is 14.5 Å². The van der Waals surface area contributed by atoms with Crippen LogP contribution in [0.1, 0.15) is 25.8 Å². The Morgan fingerprint density at radius 1 is 1.39 bits per heavy atom. The topological polar surface area (TPSA) is 63.4 Å². The molecule has 1 aromatic carbocycles. The summed E-state index contributed by atoms with van der Waals surface area (Å²) in [5.74, 6) is -0.974. The predicted octanol–water partition coefficient (Wildman–Crippen LogP) is 1.69. The number of anilines is 1. The van der Waals surface area contributed by atoms with Gasteiger partial charge < -0.3 is 5.73 Å². The minimum atomic E-state index is -0.663. The zero-order valence-electron chi connectivity index (χ0n) is 10.4. The number of nitrogens with two attached hydrogens (primary N) is 1. The number of rotatable bonds is 2. The highest BCUT2D eigenvalue weighted by Gasteiger charge is 2.44. The summed E-state index contributed by atoms with van der Waals surface area (Å²) in [7, 11) is 0. The Labute approximate surface area is 105 Å². The fourth-order valence-corrected chi connectivity index (χ4v) is 2.04. The molecular formula is C13H15FN2O2. The van der Waals surface area contributed by atoms with Crippen molar-refractivity contribution >= 4 is 17.5 Å². The van der Waals surface area contributed by atoms with Crippen LogP contribution >= 0.6 is 0 Å². The zero-order chi connectivity index (χ0) is 13.5. The van der Waals surface area contributed by atoms with E-state index in [0.717, 1.165) is 0 Å². The molecule has 5 heteroatoms. The molecule has 0 aromatic heterocycles. The third-order valence-electron chi connectivity index (χ3n) is 3.12. The molecule has 1 aliphatic rings. The third kappa shape index (κ3) is 2.08. The quantitative estimate of drug-likeness (QED) is 0.641. The van der Waals surface area contributed by atoms with Crippen molar-refractivity contribution in [1.82, 2.24) is 4.90 Å². The van der Waals surface area contributed by atoms with Crippen LogP contribution in [-0.4, -0.2) is 16.7 Å². The summed E-state index contributed by atoms with van der Waals surface area (Å²) in [4.78, 5) is 24.9. The first-order valence-electron chi connectivity index (χ1n) is 5.70. The van der Waals surface area contributed by atoms with E-state index in [0.29, 0.717) is 5.56 Å². The van der Waals surface area contributed by atoms with Crippen LogP contribution in [0.5, 0.6) is 0 Å². The van der Waals surface area contributed by atoms with Gasteiger partial charge in [-0.15, -0.1) is 0 Å². The number of nitrogens with zero attached hydrogens (tertiary/aromatic N) is 1. The number of nitrogen functional groups attached to an aromatic ring is 1. The molecule has 2 N–H and O–H groups in total. The Morgan fingerprint density at radius 2 is 2.06 bits per heavy atom. The van der Waals surface area contributed by atoms with Crippen LogP contribution in [0.4, 0.5) is 10.1 Å². The molecule has 96 valence electrons. The maximum absolute atomic E-state index is 13.3. The third-order valence-corrected chi connectivity index (χ3v) is 3.12. The molecule has 1 heterocycles. The molecule has 0 bridgehead atoms. The summed E-state index contributed by atoms with van der Waals surface area (Å²) in [5.41, 5.74) is 5.32. The van der Waals surface area contributed by atoms with E-state index in [1.807, 2.05) is 0 Å². The summed E-state index contributed by atoms with van der Waals surface area (Å²) in [5, 5.41) is 0. The van der Waals surface area contributed by atoms with Crippen LogP contribution in [-0.2, 0) is 16.1 Å². The van der Waals surface area contributed by atoms with Crippen molar-refractivity contribution in [3.63, 3.8) is 0 Å². The summed E-state index contributed by atoms with van der Waals surface area (Å²) in [6.45, 7) is 3.56. The molecule has 0 unspecified atom stereocenters. The first-order chi connectivity index (χ1) is 8.31. The molecule has 0 saturated carbocycles. The van der Waals surface area contributed by atoms with Crippen molar-refractivity contribution in [3.05, 3.63) is 29.6 Å². The van der Waals surface area contributed by atoms with Gasteiger partial charge in [-0.05, 0) is 17.7 Å². The molecule has 1 fully saturated rings. The highest BCUT2D eigenvalue weighted by Crippen LogP contribution is 2.32. The average Bonchev–Trinajstić information content (AvgIpc) is 2.46. The Bertz CT molecular complexity index is 526. The Kier molecular flexibility index (Phi) is 2.84. The number of carbonyl (C=O) groups is 2.